The van der Waals surface area contributed by atoms with Crippen molar-refractivity contribution in [1.29, 1.82) is 0 Å². The maximum atomic E-state index is 5.48. The van der Waals surface area contributed by atoms with E-state index in [9.17, 15) is 0 Å². The van der Waals surface area contributed by atoms with Gasteiger partial charge in [0.15, 0.2) is 0 Å². The lowest BCUT2D eigenvalue weighted by atomic mass is 10.0. The van der Waals surface area contributed by atoms with Crippen LogP contribution in [0.3, 0.4) is 0 Å². The molecule has 17 heavy (non-hydrogen) atoms. The molecule has 0 unspecified atom stereocenters. The average Bonchev–Trinajstić information content (AvgIpc) is 2.23. The van der Waals surface area contributed by atoms with Crippen molar-refractivity contribution in [2.45, 2.75) is 34.1 Å². The first-order valence-electron chi connectivity index (χ1n) is 6.39. The minimum Gasteiger partial charge on any atom is -0.496 e. The average molecular weight is 235 g/mol. The first-order valence-corrected chi connectivity index (χ1v) is 6.39. The standard InChI is InChI=1S/C15H25NO/c1-11(2)10-16-7-6-14-9-12(3)8-13(4)15(14)17-5/h8-9,11,16H,6-7,10H2,1-5H3. The summed E-state index contributed by atoms with van der Waals surface area (Å²) in [6.07, 6.45) is 1.03. The summed E-state index contributed by atoms with van der Waals surface area (Å²) < 4.78 is 5.48. The van der Waals surface area contributed by atoms with Gasteiger partial charge in [-0.1, -0.05) is 31.5 Å². The van der Waals surface area contributed by atoms with E-state index in [1.807, 2.05) is 0 Å². The molecule has 0 amide bonds. The first kappa shape index (κ1) is 14.0. The van der Waals surface area contributed by atoms with E-state index in [0.29, 0.717) is 5.92 Å². The largest absolute Gasteiger partial charge is 0.496 e. The smallest absolute Gasteiger partial charge is 0.125 e. The van der Waals surface area contributed by atoms with Gasteiger partial charge < -0.3 is 10.1 Å². The number of methoxy groups -OCH3 is 1. The summed E-state index contributed by atoms with van der Waals surface area (Å²) >= 11 is 0. The van der Waals surface area contributed by atoms with E-state index < -0.39 is 0 Å². The van der Waals surface area contributed by atoms with E-state index in [1.165, 1.54) is 16.7 Å². The van der Waals surface area contributed by atoms with Crippen molar-refractivity contribution in [2.24, 2.45) is 5.92 Å². The fourth-order valence-electron chi connectivity index (χ4n) is 2.13. The van der Waals surface area contributed by atoms with Gasteiger partial charge in [0.05, 0.1) is 7.11 Å². The second-order valence-corrected chi connectivity index (χ2v) is 5.12. The number of nitrogens with one attached hydrogen (secondary N) is 1. The Morgan fingerprint density at radius 2 is 1.94 bits per heavy atom. The zero-order valence-electron chi connectivity index (χ0n) is 11.8. The Morgan fingerprint density at radius 3 is 2.53 bits per heavy atom. The molecular weight excluding hydrogens is 210 g/mol. The molecule has 0 aliphatic rings. The van der Waals surface area contributed by atoms with Crippen molar-refractivity contribution in [1.82, 2.24) is 5.32 Å². The van der Waals surface area contributed by atoms with Gasteiger partial charge in [-0.15, -0.1) is 0 Å². The summed E-state index contributed by atoms with van der Waals surface area (Å²) in [6.45, 7) is 10.8. The Hall–Kier alpha value is -1.02. The number of benzene rings is 1. The summed E-state index contributed by atoms with van der Waals surface area (Å²) in [5, 5.41) is 3.47. The van der Waals surface area contributed by atoms with Gasteiger partial charge in [0.1, 0.15) is 5.75 Å². The number of aryl methyl sites for hydroxylation is 2. The molecule has 0 saturated carbocycles. The zero-order valence-corrected chi connectivity index (χ0v) is 11.8. The highest BCUT2D eigenvalue weighted by Crippen LogP contribution is 2.25. The summed E-state index contributed by atoms with van der Waals surface area (Å²) in [4.78, 5) is 0. The van der Waals surface area contributed by atoms with Gasteiger partial charge in [-0.2, -0.15) is 0 Å². The molecule has 96 valence electrons. The summed E-state index contributed by atoms with van der Waals surface area (Å²) in [6, 6.07) is 4.40. The van der Waals surface area contributed by atoms with E-state index >= 15 is 0 Å². The Morgan fingerprint density at radius 1 is 1.24 bits per heavy atom. The van der Waals surface area contributed by atoms with Crippen LogP contribution in [-0.2, 0) is 6.42 Å². The Bertz CT molecular complexity index is 358. The molecule has 1 N–H and O–H groups in total. The number of ether oxygens (including phenoxy) is 1. The molecule has 0 radical (unpaired) electrons. The number of hydrogen-bond acceptors (Lipinski definition) is 2. The van der Waals surface area contributed by atoms with Crippen molar-refractivity contribution < 1.29 is 4.74 Å². The second kappa shape index (κ2) is 6.65. The van der Waals surface area contributed by atoms with Crippen LogP contribution in [0.4, 0.5) is 0 Å². The van der Waals surface area contributed by atoms with Gasteiger partial charge in [-0.25, -0.2) is 0 Å². The summed E-state index contributed by atoms with van der Waals surface area (Å²) in [5.74, 6) is 1.75. The summed E-state index contributed by atoms with van der Waals surface area (Å²) in [7, 11) is 1.75. The van der Waals surface area contributed by atoms with Crippen LogP contribution in [0.25, 0.3) is 0 Å². The van der Waals surface area contributed by atoms with E-state index in [1.54, 1.807) is 7.11 Å². The lowest BCUT2D eigenvalue weighted by molar-refractivity contribution is 0.405. The first-order chi connectivity index (χ1) is 8.04. The SMILES string of the molecule is COc1c(C)cc(C)cc1CCNCC(C)C. The minimum absolute atomic E-state index is 0.705. The van der Waals surface area contributed by atoms with Crippen LogP contribution in [0.15, 0.2) is 12.1 Å². The Labute approximate surface area is 105 Å². The van der Waals surface area contributed by atoms with Crippen LogP contribution in [0.2, 0.25) is 0 Å². The summed E-state index contributed by atoms with van der Waals surface area (Å²) in [5.41, 5.74) is 3.84. The van der Waals surface area contributed by atoms with Gasteiger partial charge in [-0.3, -0.25) is 0 Å². The predicted molar refractivity (Wildman–Crippen MR) is 73.9 cm³/mol. The van der Waals surface area contributed by atoms with E-state index in [-0.39, 0.29) is 0 Å². The monoisotopic (exact) mass is 235 g/mol. The third-order valence-corrected chi connectivity index (χ3v) is 2.82. The van der Waals surface area contributed by atoms with E-state index in [4.69, 9.17) is 4.74 Å². The zero-order chi connectivity index (χ0) is 12.8. The molecule has 0 aromatic heterocycles. The van der Waals surface area contributed by atoms with Crippen molar-refractivity contribution in [3.05, 3.63) is 28.8 Å². The molecule has 0 fully saturated rings. The molecule has 0 aliphatic heterocycles. The molecule has 2 heteroatoms. The van der Waals surface area contributed by atoms with Crippen LogP contribution in [0.1, 0.15) is 30.5 Å². The molecule has 0 spiro atoms. The second-order valence-electron chi connectivity index (χ2n) is 5.12. The molecule has 0 saturated heterocycles. The molecule has 1 aromatic carbocycles. The molecule has 1 aromatic rings. The maximum Gasteiger partial charge on any atom is 0.125 e. The number of rotatable bonds is 6. The van der Waals surface area contributed by atoms with Crippen LogP contribution >= 0.6 is 0 Å². The van der Waals surface area contributed by atoms with Crippen molar-refractivity contribution in [3.63, 3.8) is 0 Å². The lowest BCUT2D eigenvalue weighted by Crippen LogP contribution is -2.22. The highest BCUT2D eigenvalue weighted by molar-refractivity contribution is 5.43. The Balaban J connectivity index is 2.63. The fourth-order valence-corrected chi connectivity index (χ4v) is 2.13. The van der Waals surface area contributed by atoms with Crippen LogP contribution in [0, 0.1) is 19.8 Å². The minimum atomic E-state index is 0.705. The highest BCUT2D eigenvalue weighted by atomic mass is 16.5. The van der Waals surface area contributed by atoms with Crippen LogP contribution in [0.5, 0.6) is 5.75 Å². The molecule has 2 nitrogen and oxygen atoms in total. The van der Waals surface area contributed by atoms with Gasteiger partial charge in [0.2, 0.25) is 0 Å². The molecule has 1 rings (SSSR count). The molecule has 0 bridgehead atoms. The highest BCUT2D eigenvalue weighted by Gasteiger charge is 2.07. The quantitative estimate of drug-likeness (QED) is 0.765. The maximum absolute atomic E-state index is 5.48. The third-order valence-electron chi connectivity index (χ3n) is 2.82. The predicted octanol–water partition coefficient (Wildman–Crippen LogP) is 3.10. The van der Waals surface area contributed by atoms with Gasteiger partial charge >= 0.3 is 0 Å². The Kier molecular flexibility index (Phi) is 5.49. The topological polar surface area (TPSA) is 21.3 Å². The van der Waals surface area contributed by atoms with Crippen LogP contribution < -0.4 is 10.1 Å². The third kappa shape index (κ3) is 4.39. The van der Waals surface area contributed by atoms with Gasteiger partial charge in [0, 0.05) is 0 Å². The van der Waals surface area contributed by atoms with Crippen molar-refractivity contribution >= 4 is 0 Å². The van der Waals surface area contributed by atoms with Crippen molar-refractivity contribution in [3.8, 4) is 5.75 Å². The molecule has 0 heterocycles. The van der Waals surface area contributed by atoms with Gasteiger partial charge in [-0.05, 0) is 50.4 Å². The molecule has 0 atom stereocenters. The van der Waals surface area contributed by atoms with E-state index in [2.05, 4.69) is 45.1 Å². The van der Waals surface area contributed by atoms with E-state index in [0.717, 1.165) is 25.3 Å². The van der Waals surface area contributed by atoms with Crippen molar-refractivity contribution in [2.75, 3.05) is 20.2 Å². The molecular formula is C15H25NO. The number of hydrogen-bond donors (Lipinski definition) is 1. The lowest BCUT2D eigenvalue weighted by Gasteiger charge is -2.13. The normalized spacial score (nSPS) is 10.9. The fraction of sp³-hybridized carbons (Fsp3) is 0.600. The van der Waals surface area contributed by atoms with Gasteiger partial charge in [0.25, 0.3) is 0 Å². The van der Waals surface area contributed by atoms with Crippen LogP contribution in [-0.4, -0.2) is 20.2 Å². The molecule has 0 aliphatic carbocycles.